The number of hydrogen-bond acceptors (Lipinski definition) is 4. The van der Waals surface area contributed by atoms with Gasteiger partial charge in [-0.1, -0.05) is 35.9 Å². The first kappa shape index (κ1) is 27.3. The molecule has 0 atom stereocenters. The van der Waals surface area contributed by atoms with Crippen molar-refractivity contribution >= 4 is 44.6 Å². The van der Waals surface area contributed by atoms with Gasteiger partial charge in [0, 0.05) is 10.6 Å². The fourth-order valence-corrected chi connectivity index (χ4v) is 6.07. The van der Waals surface area contributed by atoms with Crippen LogP contribution in [0.2, 0.25) is 5.02 Å². The van der Waals surface area contributed by atoms with E-state index in [4.69, 9.17) is 11.6 Å². The van der Waals surface area contributed by atoms with Gasteiger partial charge in [-0.25, -0.2) is 30.4 Å². The minimum absolute atomic E-state index is 0.145. The molecule has 0 saturated carbocycles. The minimum atomic E-state index is -4.32. The lowest BCUT2D eigenvalue weighted by Crippen LogP contribution is -2.30. The smallest absolute Gasteiger partial charge is 0.259 e. The van der Waals surface area contributed by atoms with Gasteiger partial charge in [0.2, 0.25) is 15.7 Å². The first-order valence-corrected chi connectivity index (χ1v) is 13.1. The molecule has 40 heavy (non-hydrogen) atoms. The van der Waals surface area contributed by atoms with Crippen molar-refractivity contribution in [2.75, 3.05) is 10.2 Å². The van der Waals surface area contributed by atoms with Crippen molar-refractivity contribution in [3.05, 3.63) is 118 Å². The molecule has 0 aromatic heterocycles. The maximum absolute atomic E-state index is 14.2. The number of carbonyl (C=O) groups excluding carboxylic acids is 2. The first-order valence-electron chi connectivity index (χ1n) is 11.3. The van der Waals surface area contributed by atoms with E-state index in [2.05, 4.69) is 0 Å². The summed E-state index contributed by atoms with van der Waals surface area (Å²) in [6.07, 6.45) is 0. The van der Waals surface area contributed by atoms with Crippen LogP contribution in [0.3, 0.4) is 0 Å². The van der Waals surface area contributed by atoms with Gasteiger partial charge in [-0.3, -0.25) is 9.59 Å². The maximum atomic E-state index is 14.2. The molecule has 2 amide bonds. The van der Waals surface area contributed by atoms with Crippen molar-refractivity contribution in [3.63, 3.8) is 0 Å². The molecule has 0 aliphatic carbocycles. The number of nitrogens with zero attached hydrogens (tertiary/aromatic N) is 1. The summed E-state index contributed by atoms with van der Waals surface area (Å²) in [6.45, 7) is -0.195. The van der Waals surface area contributed by atoms with E-state index in [1.54, 1.807) is 29.6 Å². The van der Waals surface area contributed by atoms with E-state index in [1.807, 2.05) is 0 Å². The SMILES string of the molecule is O=C(Nc1c(F)c(F)c(F)c(F)c1F)c1ccc2c(c1)N(Cc1cccc(Cl)c1)C(=O)c1ccccc1S2(=O)=O. The van der Waals surface area contributed by atoms with Crippen LogP contribution >= 0.6 is 11.6 Å². The Bertz CT molecular complexity index is 1820. The molecule has 4 aromatic carbocycles. The molecule has 204 valence electrons. The molecule has 1 N–H and O–H groups in total. The maximum Gasteiger partial charge on any atom is 0.259 e. The molecule has 0 radical (unpaired) electrons. The number of fused-ring (bicyclic) bond motifs is 2. The number of carbonyl (C=O) groups is 2. The zero-order chi connectivity index (χ0) is 28.9. The normalized spacial score (nSPS) is 13.8. The number of sulfone groups is 1. The van der Waals surface area contributed by atoms with Gasteiger partial charge in [-0.2, -0.15) is 0 Å². The highest BCUT2D eigenvalue weighted by Gasteiger charge is 2.36. The summed E-state index contributed by atoms with van der Waals surface area (Å²) in [5.74, 6) is -13.5. The van der Waals surface area contributed by atoms with E-state index in [0.717, 1.165) is 23.1 Å². The van der Waals surface area contributed by atoms with Crippen LogP contribution in [0.15, 0.2) is 76.5 Å². The standard InChI is InChI=1S/C27H14ClF5N2O4S/c28-15-5-3-4-13(10-15)12-35-17-11-14(26(36)34-25-23(32)21(30)20(29)22(31)24(25)33)8-9-19(17)40(38,39)18-7-2-1-6-16(18)27(35)37/h1-11H,12H2,(H,34,36). The average molecular weight is 593 g/mol. The number of halogens is 6. The second-order valence-electron chi connectivity index (χ2n) is 8.60. The van der Waals surface area contributed by atoms with Gasteiger partial charge in [0.1, 0.15) is 5.69 Å². The molecule has 0 spiro atoms. The summed E-state index contributed by atoms with van der Waals surface area (Å²) in [7, 11) is -4.32. The number of nitrogens with one attached hydrogen (secondary N) is 1. The molecule has 0 saturated heterocycles. The zero-order valence-electron chi connectivity index (χ0n) is 19.8. The monoisotopic (exact) mass is 592 g/mol. The second-order valence-corrected chi connectivity index (χ2v) is 10.9. The van der Waals surface area contributed by atoms with E-state index >= 15 is 0 Å². The Balaban J connectivity index is 1.65. The molecular weight excluding hydrogens is 579 g/mol. The molecule has 1 heterocycles. The molecule has 1 aliphatic rings. The van der Waals surface area contributed by atoms with Gasteiger partial charge in [-0.05, 0) is 48.0 Å². The van der Waals surface area contributed by atoms with Crippen molar-refractivity contribution in [2.45, 2.75) is 16.3 Å². The molecular formula is C27H14ClF5N2O4S. The quantitative estimate of drug-likeness (QED) is 0.172. The van der Waals surface area contributed by atoms with Gasteiger partial charge >= 0.3 is 0 Å². The predicted molar refractivity (Wildman–Crippen MR) is 134 cm³/mol. The van der Waals surface area contributed by atoms with E-state index in [9.17, 15) is 40.0 Å². The lowest BCUT2D eigenvalue weighted by atomic mass is 10.1. The lowest BCUT2D eigenvalue weighted by Gasteiger charge is -2.23. The molecule has 6 nitrogen and oxygen atoms in total. The van der Waals surface area contributed by atoms with E-state index in [0.29, 0.717) is 10.6 Å². The van der Waals surface area contributed by atoms with Crippen molar-refractivity contribution in [3.8, 4) is 0 Å². The summed E-state index contributed by atoms with van der Waals surface area (Å²) >= 11 is 6.07. The number of hydrogen-bond donors (Lipinski definition) is 1. The molecule has 13 heteroatoms. The number of amides is 2. The molecule has 5 rings (SSSR count). The van der Waals surface area contributed by atoms with Gasteiger partial charge in [0.15, 0.2) is 23.3 Å². The second kappa shape index (κ2) is 10.0. The van der Waals surface area contributed by atoms with Gasteiger partial charge in [0.05, 0.1) is 27.6 Å². The van der Waals surface area contributed by atoms with Crippen molar-refractivity contribution in [1.29, 1.82) is 0 Å². The van der Waals surface area contributed by atoms with Crippen LogP contribution in [0.5, 0.6) is 0 Å². The fraction of sp³-hybridized carbons (Fsp3) is 0.0370. The number of anilines is 2. The minimum Gasteiger partial charge on any atom is -0.317 e. The van der Waals surface area contributed by atoms with Crippen molar-refractivity contribution < 1.29 is 40.0 Å². The highest BCUT2D eigenvalue weighted by molar-refractivity contribution is 7.91. The summed E-state index contributed by atoms with van der Waals surface area (Å²) in [5.41, 5.74) is -1.94. The highest BCUT2D eigenvalue weighted by atomic mass is 35.5. The topological polar surface area (TPSA) is 83.6 Å². The van der Waals surface area contributed by atoms with Gasteiger partial charge in [0.25, 0.3) is 11.8 Å². The molecule has 0 unspecified atom stereocenters. The van der Waals surface area contributed by atoms with Gasteiger partial charge < -0.3 is 10.2 Å². The highest BCUT2D eigenvalue weighted by Crippen LogP contribution is 2.38. The first-order chi connectivity index (χ1) is 18.9. The third kappa shape index (κ3) is 4.48. The summed E-state index contributed by atoms with van der Waals surface area (Å²) in [5, 5.41) is 1.98. The zero-order valence-corrected chi connectivity index (χ0v) is 21.4. The summed E-state index contributed by atoms with van der Waals surface area (Å²) in [6, 6.07) is 14.8. The lowest BCUT2D eigenvalue weighted by molar-refractivity contribution is 0.0979. The molecule has 0 fully saturated rings. The molecule has 0 bridgehead atoms. The Morgan fingerprint density at radius 2 is 1.45 bits per heavy atom. The average Bonchev–Trinajstić information content (AvgIpc) is 3.01. The van der Waals surface area contributed by atoms with Gasteiger partial charge in [-0.15, -0.1) is 0 Å². The predicted octanol–water partition coefficient (Wildman–Crippen LogP) is 6.28. The Labute approximate surface area is 228 Å². The third-order valence-electron chi connectivity index (χ3n) is 6.13. The van der Waals surface area contributed by atoms with E-state index in [-0.39, 0.29) is 27.6 Å². The van der Waals surface area contributed by atoms with E-state index < -0.39 is 62.0 Å². The Morgan fingerprint density at radius 3 is 2.12 bits per heavy atom. The van der Waals surface area contributed by atoms with E-state index in [1.165, 1.54) is 24.3 Å². The number of rotatable bonds is 4. The van der Waals surface area contributed by atoms with Crippen LogP contribution in [-0.2, 0) is 16.4 Å². The van der Waals surface area contributed by atoms with Crippen molar-refractivity contribution in [2.24, 2.45) is 0 Å². The van der Waals surface area contributed by atoms with Crippen LogP contribution in [0.25, 0.3) is 0 Å². The Kier molecular flexibility index (Phi) is 6.84. The van der Waals surface area contributed by atoms with Crippen LogP contribution in [0.1, 0.15) is 26.3 Å². The van der Waals surface area contributed by atoms with Crippen molar-refractivity contribution in [1.82, 2.24) is 0 Å². The van der Waals surface area contributed by atoms with Crippen LogP contribution < -0.4 is 10.2 Å². The summed E-state index contributed by atoms with van der Waals surface area (Å²) < 4.78 is 96.2. The largest absolute Gasteiger partial charge is 0.317 e. The Morgan fingerprint density at radius 1 is 0.800 bits per heavy atom. The third-order valence-corrected chi connectivity index (χ3v) is 8.23. The Hall–Kier alpha value is -4.29. The summed E-state index contributed by atoms with van der Waals surface area (Å²) in [4.78, 5) is 27.0. The van der Waals surface area contributed by atoms with Crippen LogP contribution in [0.4, 0.5) is 33.3 Å². The van der Waals surface area contributed by atoms with Crippen LogP contribution in [0, 0.1) is 29.1 Å². The van der Waals surface area contributed by atoms with Crippen LogP contribution in [-0.4, -0.2) is 20.2 Å². The molecule has 1 aliphatic heterocycles. The molecule has 4 aromatic rings. The number of benzene rings is 4. The fourth-order valence-electron chi connectivity index (χ4n) is 4.22.